The van der Waals surface area contributed by atoms with Gasteiger partial charge in [-0.05, 0) is 17.7 Å². The zero-order valence-corrected chi connectivity index (χ0v) is 21.2. The Bertz CT molecular complexity index is 1240. The molecule has 3 amide bonds. The van der Waals surface area contributed by atoms with E-state index in [0.29, 0.717) is 15.6 Å². The number of amides is 3. The first-order valence-corrected chi connectivity index (χ1v) is 11.6. The topological polar surface area (TPSA) is 145 Å². The van der Waals surface area contributed by atoms with Crippen LogP contribution in [0.15, 0.2) is 42.1 Å². The number of aryl methyl sites for hydroxylation is 1. The normalized spacial score (nSPS) is 15.1. The molecular weight excluding hydrogens is 513 g/mol. The first kappa shape index (κ1) is 27.0. The fourth-order valence-corrected chi connectivity index (χ4v) is 4.22. The number of carbonyl (C=O) groups is 4. The minimum absolute atomic E-state index is 0.0164. The molecule has 0 bridgehead atoms. The summed E-state index contributed by atoms with van der Waals surface area (Å²) >= 11 is 12.0. The minimum Gasteiger partial charge on any atom is -0.503 e. The highest BCUT2D eigenvalue weighted by atomic mass is 35.5. The molecule has 11 nitrogen and oxygen atoms in total. The van der Waals surface area contributed by atoms with Crippen molar-refractivity contribution in [3.8, 4) is 0 Å². The van der Waals surface area contributed by atoms with Gasteiger partial charge in [0.2, 0.25) is 5.91 Å². The van der Waals surface area contributed by atoms with Gasteiger partial charge in [0.25, 0.3) is 11.8 Å². The van der Waals surface area contributed by atoms with Gasteiger partial charge < -0.3 is 29.9 Å². The minimum atomic E-state index is -1.56. The number of rotatable bonds is 9. The molecule has 0 saturated heterocycles. The fraction of sp³-hybridized carbons (Fsp3) is 0.348. The molecule has 13 heteroatoms. The zero-order valence-electron chi connectivity index (χ0n) is 19.7. The summed E-state index contributed by atoms with van der Waals surface area (Å²) < 4.78 is 1.50. The Balaban J connectivity index is 1.91. The van der Waals surface area contributed by atoms with Gasteiger partial charge in [-0.2, -0.15) is 0 Å². The summed E-state index contributed by atoms with van der Waals surface area (Å²) in [5.74, 6) is -4.31. The van der Waals surface area contributed by atoms with Gasteiger partial charge >= 0.3 is 5.97 Å². The molecule has 0 fully saturated rings. The van der Waals surface area contributed by atoms with Crippen molar-refractivity contribution in [3.05, 3.63) is 63.4 Å². The zero-order chi connectivity index (χ0) is 26.7. The van der Waals surface area contributed by atoms with Crippen molar-refractivity contribution >= 4 is 46.9 Å². The van der Waals surface area contributed by atoms with Crippen LogP contribution < -0.4 is 5.32 Å². The van der Waals surface area contributed by atoms with Crippen LogP contribution in [-0.4, -0.2) is 72.9 Å². The summed E-state index contributed by atoms with van der Waals surface area (Å²) in [6.45, 7) is 1.29. The lowest BCUT2D eigenvalue weighted by atomic mass is 10.0. The Labute approximate surface area is 216 Å². The lowest BCUT2D eigenvalue weighted by molar-refractivity contribution is -0.145. The number of carboxylic acid groups (broad SMARTS) is 1. The number of hydrogen-bond acceptors (Lipinski definition) is 6. The average Bonchev–Trinajstić information content (AvgIpc) is 3.38. The van der Waals surface area contributed by atoms with Gasteiger partial charge in [0.05, 0.1) is 40.4 Å². The van der Waals surface area contributed by atoms with Crippen LogP contribution in [0.2, 0.25) is 10.0 Å². The van der Waals surface area contributed by atoms with E-state index in [0.717, 1.165) is 4.90 Å². The molecule has 0 saturated carbocycles. The van der Waals surface area contributed by atoms with E-state index in [9.17, 15) is 29.4 Å². The van der Waals surface area contributed by atoms with E-state index in [-0.39, 0.29) is 30.8 Å². The molecule has 3 rings (SSSR count). The summed E-state index contributed by atoms with van der Waals surface area (Å²) in [4.78, 5) is 56.8. The predicted octanol–water partition coefficient (Wildman–Crippen LogP) is 2.06. The largest absolute Gasteiger partial charge is 0.503 e. The van der Waals surface area contributed by atoms with Crippen molar-refractivity contribution in [2.75, 3.05) is 13.6 Å². The van der Waals surface area contributed by atoms with Crippen LogP contribution in [0.1, 0.15) is 30.6 Å². The van der Waals surface area contributed by atoms with E-state index < -0.39 is 41.5 Å². The Morgan fingerprint density at radius 1 is 1.25 bits per heavy atom. The number of halogens is 2. The first-order chi connectivity index (χ1) is 17.0. The third kappa shape index (κ3) is 5.47. The number of nitrogens with zero attached hydrogens (tertiary/aromatic N) is 4. The van der Waals surface area contributed by atoms with Crippen LogP contribution in [0.3, 0.4) is 0 Å². The molecule has 0 aliphatic carbocycles. The van der Waals surface area contributed by atoms with Gasteiger partial charge in [0.1, 0.15) is 6.04 Å². The molecule has 1 aliphatic rings. The van der Waals surface area contributed by atoms with E-state index in [2.05, 4.69) is 10.3 Å². The Morgan fingerprint density at radius 3 is 2.50 bits per heavy atom. The fourth-order valence-electron chi connectivity index (χ4n) is 3.90. The van der Waals surface area contributed by atoms with E-state index in [1.54, 1.807) is 32.2 Å². The maximum Gasteiger partial charge on any atom is 0.328 e. The second-order valence-electron chi connectivity index (χ2n) is 8.28. The molecule has 1 aromatic heterocycles. The quantitative estimate of drug-likeness (QED) is 0.443. The molecule has 2 aromatic rings. The molecule has 36 heavy (non-hydrogen) atoms. The number of nitrogens with one attached hydrogen (secondary N) is 1. The number of likely N-dealkylation sites (N-methyl/N-ethyl adjacent to an activating group) is 1. The van der Waals surface area contributed by atoms with Crippen molar-refractivity contribution in [2.45, 2.75) is 32.0 Å². The highest BCUT2D eigenvalue weighted by Crippen LogP contribution is 2.32. The van der Waals surface area contributed by atoms with Crippen LogP contribution in [0.25, 0.3) is 0 Å². The number of aliphatic hydroxyl groups is 1. The second kappa shape index (κ2) is 11.0. The van der Waals surface area contributed by atoms with E-state index in [1.807, 2.05) is 0 Å². The van der Waals surface area contributed by atoms with Crippen LogP contribution >= 0.6 is 23.2 Å². The van der Waals surface area contributed by atoms with Gasteiger partial charge in [-0.15, -0.1) is 0 Å². The molecule has 0 radical (unpaired) electrons. The average molecular weight is 538 g/mol. The maximum absolute atomic E-state index is 13.2. The number of carbonyl (C=O) groups excluding carboxylic acids is 3. The highest BCUT2D eigenvalue weighted by Gasteiger charge is 2.45. The third-order valence-electron chi connectivity index (χ3n) is 5.80. The summed E-state index contributed by atoms with van der Waals surface area (Å²) in [7, 11) is 3.08. The number of hydrogen-bond donors (Lipinski definition) is 3. The van der Waals surface area contributed by atoms with Crippen LogP contribution in [0.4, 0.5) is 0 Å². The number of aliphatic carboxylic acids is 1. The SMILES string of the molecule is CCC(=O)NC(C(=O)O)C(c1cncn1C)N1CC(C(=O)N(C)Cc2ccc(Cl)c(Cl)c2)=C(O)C1=O. The third-order valence-corrected chi connectivity index (χ3v) is 6.54. The van der Waals surface area contributed by atoms with Gasteiger partial charge in [-0.25, -0.2) is 9.78 Å². The van der Waals surface area contributed by atoms with Gasteiger partial charge in [-0.1, -0.05) is 36.2 Å². The Kier molecular flexibility index (Phi) is 8.26. The molecule has 2 unspecified atom stereocenters. The van der Waals surface area contributed by atoms with Crippen molar-refractivity contribution in [3.63, 3.8) is 0 Å². The second-order valence-corrected chi connectivity index (χ2v) is 9.10. The molecule has 2 atom stereocenters. The maximum atomic E-state index is 13.2. The molecule has 1 aliphatic heterocycles. The summed E-state index contributed by atoms with van der Waals surface area (Å²) in [6, 6.07) is 2.05. The molecule has 1 aromatic carbocycles. The molecule has 0 spiro atoms. The number of aliphatic hydroxyl groups excluding tert-OH is 1. The molecule has 3 N–H and O–H groups in total. The predicted molar refractivity (Wildman–Crippen MR) is 130 cm³/mol. The van der Waals surface area contributed by atoms with E-state index in [1.165, 1.54) is 29.0 Å². The lowest BCUT2D eigenvalue weighted by Gasteiger charge is -2.33. The first-order valence-electron chi connectivity index (χ1n) is 10.9. The van der Waals surface area contributed by atoms with Crippen LogP contribution in [0, 0.1) is 0 Å². The van der Waals surface area contributed by atoms with Gasteiger partial charge in [0.15, 0.2) is 11.8 Å². The van der Waals surface area contributed by atoms with E-state index >= 15 is 0 Å². The monoisotopic (exact) mass is 537 g/mol. The van der Waals surface area contributed by atoms with Crippen molar-refractivity contribution in [1.29, 1.82) is 0 Å². The molecular formula is C23H25Cl2N5O6. The Hall–Kier alpha value is -3.57. The highest BCUT2D eigenvalue weighted by molar-refractivity contribution is 6.42. The van der Waals surface area contributed by atoms with Crippen molar-refractivity contribution in [1.82, 2.24) is 24.7 Å². The summed E-state index contributed by atoms with van der Waals surface area (Å²) in [6.07, 6.45) is 2.79. The van der Waals surface area contributed by atoms with Gasteiger partial charge in [-0.3, -0.25) is 14.4 Å². The summed E-state index contributed by atoms with van der Waals surface area (Å²) in [5.41, 5.74) is 0.751. The standard InChI is InChI=1S/C23H25Cl2N5O6/c1-4-17(31)27-18(23(35)36)19(16-8-26-11-29(16)3)30-10-13(20(32)22(30)34)21(33)28(2)9-12-5-6-14(24)15(25)7-12/h5-8,11,18-19,32H,4,9-10H2,1-3H3,(H,27,31)(H,35,36). The van der Waals surface area contributed by atoms with Crippen LogP contribution in [-0.2, 0) is 32.8 Å². The smallest absolute Gasteiger partial charge is 0.328 e. The Morgan fingerprint density at radius 2 is 1.94 bits per heavy atom. The number of carboxylic acids is 1. The molecule has 192 valence electrons. The van der Waals surface area contributed by atoms with Gasteiger partial charge in [0, 0.05) is 27.1 Å². The van der Waals surface area contributed by atoms with Crippen molar-refractivity contribution < 1.29 is 29.4 Å². The molecule has 2 heterocycles. The number of benzene rings is 1. The van der Waals surface area contributed by atoms with E-state index in [4.69, 9.17) is 23.2 Å². The van der Waals surface area contributed by atoms with Crippen molar-refractivity contribution in [2.24, 2.45) is 7.05 Å². The van der Waals surface area contributed by atoms with Crippen LogP contribution in [0.5, 0.6) is 0 Å². The lowest BCUT2D eigenvalue weighted by Crippen LogP contribution is -2.52. The number of aromatic nitrogens is 2. The number of imidazole rings is 1. The summed E-state index contributed by atoms with van der Waals surface area (Å²) in [5, 5.41) is 23.6.